The summed E-state index contributed by atoms with van der Waals surface area (Å²) in [4.78, 5) is 36.2. The second-order valence-corrected chi connectivity index (χ2v) is 8.72. The lowest BCUT2D eigenvalue weighted by Gasteiger charge is -2.32. The number of unbranched alkanes of at least 4 members (excludes halogenated alkanes) is 2. The van der Waals surface area contributed by atoms with E-state index in [4.69, 9.17) is 18.8 Å². The molecule has 9 heteroatoms. The number of amides is 1. The lowest BCUT2D eigenvalue weighted by Crippen LogP contribution is -2.55. The molecule has 0 aliphatic carbocycles. The normalized spacial score (nSPS) is 19.1. The summed E-state index contributed by atoms with van der Waals surface area (Å²) in [7, 11) is -0.329. The van der Waals surface area contributed by atoms with Crippen LogP contribution in [0.3, 0.4) is 0 Å². The van der Waals surface area contributed by atoms with Gasteiger partial charge in [-0.2, -0.15) is 0 Å². The van der Waals surface area contributed by atoms with Crippen molar-refractivity contribution in [2.45, 2.75) is 103 Å². The lowest BCUT2D eigenvalue weighted by atomic mass is 9.80. The minimum atomic E-state index is -1.43. The largest absolute Gasteiger partial charge is 0.464 e. The first-order valence-corrected chi connectivity index (χ1v) is 10.9. The van der Waals surface area contributed by atoms with Crippen molar-refractivity contribution in [2.24, 2.45) is 0 Å². The number of hydrogen-bond donors (Lipinski definition) is 1. The first kappa shape index (κ1) is 26.4. The fourth-order valence-electron chi connectivity index (χ4n) is 3.22. The molecule has 1 atom stereocenters. The Morgan fingerprint density at radius 1 is 1.03 bits per heavy atom. The van der Waals surface area contributed by atoms with Gasteiger partial charge in [-0.25, -0.2) is 9.59 Å². The van der Waals surface area contributed by atoms with E-state index in [1.807, 2.05) is 34.6 Å². The molecule has 1 amide bonds. The number of hydrogen-bond acceptors (Lipinski definition) is 7. The Bertz CT molecular complexity index is 566. The molecular weight excluding hydrogens is 389 g/mol. The van der Waals surface area contributed by atoms with Crippen LogP contribution in [0, 0.1) is 0 Å². The molecule has 0 saturated carbocycles. The van der Waals surface area contributed by atoms with Crippen molar-refractivity contribution in [3.8, 4) is 0 Å². The molecule has 0 aromatic heterocycles. The van der Waals surface area contributed by atoms with Crippen LogP contribution in [0.25, 0.3) is 0 Å². The molecule has 1 saturated heterocycles. The zero-order valence-electron chi connectivity index (χ0n) is 19.4. The van der Waals surface area contributed by atoms with E-state index in [9.17, 15) is 14.4 Å². The van der Waals surface area contributed by atoms with Crippen LogP contribution in [-0.4, -0.2) is 55.4 Å². The third kappa shape index (κ3) is 7.27. The Balaban J connectivity index is 2.71. The average Bonchev–Trinajstić information content (AvgIpc) is 2.85. The summed E-state index contributed by atoms with van der Waals surface area (Å²) in [6.45, 7) is 12.1. The van der Waals surface area contributed by atoms with Crippen molar-refractivity contribution >= 4 is 25.5 Å². The SMILES string of the molecule is CCCCOC(=O)NC(CC=O)(CCCCB1OC(C)(C)C(C)(C)O1)C(=O)OCC. The number of esters is 1. The zero-order valence-corrected chi connectivity index (χ0v) is 19.4. The predicted molar refractivity (Wildman–Crippen MR) is 114 cm³/mol. The van der Waals surface area contributed by atoms with Crippen LogP contribution in [-0.2, 0) is 28.4 Å². The van der Waals surface area contributed by atoms with Crippen molar-refractivity contribution in [3.05, 3.63) is 0 Å². The first-order valence-electron chi connectivity index (χ1n) is 10.9. The van der Waals surface area contributed by atoms with E-state index in [1.165, 1.54) is 0 Å². The third-order valence-corrected chi connectivity index (χ3v) is 5.77. The molecule has 1 rings (SSSR count). The van der Waals surface area contributed by atoms with Crippen LogP contribution >= 0.6 is 0 Å². The number of nitrogens with one attached hydrogen (secondary N) is 1. The van der Waals surface area contributed by atoms with Gasteiger partial charge in [-0.1, -0.05) is 26.2 Å². The second-order valence-electron chi connectivity index (χ2n) is 8.72. The molecule has 0 bridgehead atoms. The smallest absolute Gasteiger partial charge is 0.457 e. The standard InChI is InChI=1S/C21H38BNO7/c1-7-9-16-28-18(26)23-21(13-15-24,17(25)27-8-2)12-10-11-14-22-29-19(3,4)20(5,6)30-22/h15H,7-14,16H2,1-6H3,(H,23,26). The second kappa shape index (κ2) is 11.7. The number of carbonyl (C=O) groups excluding carboxylic acids is 3. The molecule has 0 radical (unpaired) electrons. The molecule has 1 heterocycles. The van der Waals surface area contributed by atoms with Crippen molar-refractivity contribution in [1.82, 2.24) is 5.32 Å². The number of aldehydes is 1. The minimum Gasteiger partial charge on any atom is -0.464 e. The van der Waals surface area contributed by atoms with Crippen LogP contribution in [0.2, 0.25) is 6.32 Å². The van der Waals surface area contributed by atoms with Gasteiger partial charge < -0.3 is 28.9 Å². The molecule has 172 valence electrons. The van der Waals surface area contributed by atoms with Gasteiger partial charge >= 0.3 is 19.2 Å². The maximum absolute atomic E-state index is 12.6. The number of ether oxygens (including phenoxy) is 2. The highest BCUT2D eigenvalue weighted by Gasteiger charge is 2.50. The van der Waals surface area contributed by atoms with Gasteiger partial charge in [0.25, 0.3) is 0 Å². The van der Waals surface area contributed by atoms with E-state index in [2.05, 4.69) is 5.32 Å². The van der Waals surface area contributed by atoms with Gasteiger partial charge in [-0.05, 0) is 53.8 Å². The number of rotatable bonds is 13. The van der Waals surface area contributed by atoms with Crippen LogP contribution in [0.15, 0.2) is 0 Å². The highest BCUT2D eigenvalue weighted by atomic mass is 16.7. The molecule has 0 spiro atoms. The third-order valence-electron chi connectivity index (χ3n) is 5.77. The summed E-state index contributed by atoms with van der Waals surface area (Å²) in [5.41, 5.74) is -2.22. The van der Waals surface area contributed by atoms with Crippen LogP contribution in [0.1, 0.15) is 80.1 Å². The van der Waals surface area contributed by atoms with E-state index in [1.54, 1.807) is 6.92 Å². The van der Waals surface area contributed by atoms with Gasteiger partial charge in [0.2, 0.25) is 0 Å². The van der Waals surface area contributed by atoms with E-state index < -0.39 is 28.8 Å². The summed E-state index contributed by atoms with van der Waals surface area (Å²) in [6, 6.07) is 0. The van der Waals surface area contributed by atoms with Crippen molar-refractivity contribution in [3.63, 3.8) is 0 Å². The maximum atomic E-state index is 12.6. The summed E-state index contributed by atoms with van der Waals surface area (Å²) in [5, 5.41) is 2.60. The monoisotopic (exact) mass is 427 g/mol. The summed E-state index contributed by atoms with van der Waals surface area (Å²) in [5.74, 6) is -0.625. The van der Waals surface area contributed by atoms with Gasteiger partial charge in [-0.15, -0.1) is 0 Å². The predicted octanol–water partition coefficient (Wildman–Crippen LogP) is 3.67. The first-order chi connectivity index (χ1) is 14.0. The van der Waals surface area contributed by atoms with Crippen molar-refractivity contribution < 1.29 is 33.2 Å². The Kier molecular flexibility index (Phi) is 10.3. The molecule has 0 aromatic carbocycles. The Labute approximate surface area is 180 Å². The van der Waals surface area contributed by atoms with Crippen LogP contribution in [0.5, 0.6) is 0 Å². The summed E-state index contributed by atoms with van der Waals surface area (Å²) < 4.78 is 22.3. The van der Waals surface area contributed by atoms with Crippen molar-refractivity contribution in [1.29, 1.82) is 0 Å². The topological polar surface area (TPSA) is 100 Å². The molecule has 1 N–H and O–H groups in total. The fraction of sp³-hybridized carbons (Fsp3) is 0.857. The lowest BCUT2D eigenvalue weighted by molar-refractivity contribution is -0.152. The summed E-state index contributed by atoms with van der Waals surface area (Å²) in [6.07, 6.45) is 3.51. The molecule has 0 aromatic rings. The zero-order chi connectivity index (χ0) is 22.8. The molecule has 1 fully saturated rings. The summed E-state index contributed by atoms with van der Waals surface area (Å²) >= 11 is 0. The van der Waals surface area contributed by atoms with Gasteiger partial charge in [0, 0.05) is 6.42 Å². The van der Waals surface area contributed by atoms with E-state index in [0.717, 1.165) is 12.8 Å². The highest BCUT2D eigenvalue weighted by molar-refractivity contribution is 6.45. The van der Waals surface area contributed by atoms with Crippen LogP contribution < -0.4 is 5.32 Å². The molecule has 30 heavy (non-hydrogen) atoms. The van der Waals surface area contributed by atoms with Gasteiger partial charge in [0.1, 0.15) is 11.8 Å². The number of alkyl carbamates (subject to hydrolysis) is 1. The number of carbonyl (C=O) groups is 3. The van der Waals surface area contributed by atoms with Gasteiger partial charge in [0.15, 0.2) is 0 Å². The van der Waals surface area contributed by atoms with E-state index in [-0.39, 0.29) is 33.2 Å². The molecule has 1 aliphatic rings. The molecular formula is C21H38BNO7. The Morgan fingerprint density at radius 2 is 1.67 bits per heavy atom. The van der Waals surface area contributed by atoms with E-state index >= 15 is 0 Å². The van der Waals surface area contributed by atoms with Crippen molar-refractivity contribution in [2.75, 3.05) is 13.2 Å². The van der Waals surface area contributed by atoms with Gasteiger partial charge in [0.05, 0.1) is 24.4 Å². The van der Waals surface area contributed by atoms with Crippen LogP contribution in [0.4, 0.5) is 4.79 Å². The van der Waals surface area contributed by atoms with Gasteiger partial charge in [-0.3, -0.25) is 0 Å². The quantitative estimate of drug-likeness (QED) is 0.207. The Hall–Kier alpha value is -1.61. The fourth-order valence-corrected chi connectivity index (χ4v) is 3.22. The average molecular weight is 427 g/mol. The molecule has 1 aliphatic heterocycles. The minimum absolute atomic E-state index is 0.153. The molecule has 1 unspecified atom stereocenters. The van der Waals surface area contributed by atoms with E-state index in [0.29, 0.717) is 25.4 Å². The molecule has 8 nitrogen and oxygen atoms in total. The Morgan fingerprint density at radius 3 is 2.20 bits per heavy atom. The maximum Gasteiger partial charge on any atom is 0.457 e. The highest BCUT2D eigenvalue weighted by Crippen LogP contribution is 2.38.